The molecule has 0 saturated heterocycles. The third kappa shape index (κ3) is 10.7. The number of nitrogens with zero attached hydrogens (tertiary/aromatic N) is 2. The normalized spacial score (nSPS) is 20.5. The molecule has 15 heteroatoms. The molecule has 0 aromatic heterocycles. The van der Waals surface area contributed by atoms with Gasteiger partial charge in [0.2, 0.25) is 0 Å². The van der Waals surface area contributed by atoms with E-state index in [9.17, 15) is 36.6 Å². The number of benzene rings is 2. The van der Waals surface area contributed by atoms with E-state index in [1.807, 2.05) is 0 Å². The number of phenols is 2. The Morgan fingerprint density at radius 1 is 0.870 bits per heavy atom. The Morgan fingerprint density at radius 2 is 1.28 bits per heavy atom. The van der Waals surface area contributed by atoms with E-state index in [2.05, 4.69) is 9.98 Å². The Morgan fingerprint density at radius 3 is 1.65 bits per heavy atom. The van der Waals surface area contributed by atoms with Crippen molar-refractivity contribution >= 4 is 24.4 Å². The third-order valence-corrected chi connectivity index (χ3v) is 7.51. The fraction of sp³-hybridized carbons (Fsp3) is 0.484. The van der Waals surface area contributed by atoms with Gasteiger partial charge in [-0.15, -0.1) is 0 Å². The van der Waals surface area contributed by atoms with Crippen molar-refractivity contribution in [1.29, 1.82) is 0 Å². The van der Waals surface area contributed by atoms with Gasteiger partial charge in [-0.1, -0.05) is 13.8 Å². The Bertz CT molecular complexity index is 1420. The number of hydrogen-bond donors (Lipinski definition) is 2. The number of rotatable bonds is 6. The Balaban J connectivity index is 0.00000106. The van der Waals surface area contributed by atoms with Crippen LogP contribution in [0.4, 0.5) is 26.3 Å². The van der Waals surface area contributed by atoms with Crippen LogP contribution >= 0.6 is 0 Å². The topological polar surface area (TPSA) is 145 Å². The van der Waals surface area contributed by atoms with E-state index in [1.165, 1.54) is 12.4 Å². The van der Waals surface area contributed by atoms with Crippen molar-refractivity contribution < 1.29 is 73.1 Å². The van der Waals surface area contributed by atoms with E-state index >= 15 is 0 Å². The smallest absolute Gasteiger partial charge is 0.550 e. The molecule has 3 atom stereocenters. The number of carboxylic acid groups (broad SMARTS) is 2. The van der Waals surface area contributed by atoms with Crippen LogP contribution < -0.4 is 10.2 Å². The van der Waals surface area contributed by atoms with Gasteiger partial charge < -0.3 is 30.0 Å². The first-order chi connectivity index (χ1) is 20.7. The van der Waals surface area contributed by atoms with Crippen molar-refractivity contribution in [3.8, 4) is 11.5 Å². The molecule has 0 amide bonds. The standard InChI is InChI=1S/C27H28F6N2O2.2C2H4O2.Co/c1-3-16-8-20(26(28,29)30)10-18(23(16)36)13-34-22-7-15-5-6-25(22,12-15)35-14-19-11-21(27(31,32)33)9-17(4-2)24(19)37;2*1-2(3)4;/h8-11,13-15,22,36-37H,3-7,12H2,1-2H3;2*1H3,(H,3,4);/q;;;+2/p-2. The predicted molar refractivity (Wildman–Crippen MR) is 150 cm³/mol. The molecule has 3 unspecified atom stereocenters. The number of carbonyl (C=O) groups is 2. The van der Waals surface area contributed by atoms with Crippen LogP contribution in [0, 0.1) is 5.92 Å². The Kier molecular flexibility index (Phi) is 14.3. The average Bonchev–Trinajstić information content (AvgIpc) is 3.48. The second-order valence-corrected chi connectivity index (χ2v) is 10.8. The summed E-state index contributed by atoms with van der Waals surface area (Å²) in [5.41, 5.74) is -2.26. The quantitative estimate of drug-likeness (QED) is 0.332. The van der Waals surface area contributed by atoms with E-state index in [-0.39, 0.29) is 69.3 Å². The van der Waals surface area contributed by atoms with E-state index in [0.29, 0.717) is 19.3 Å². The van der Waals surface area contributed by atoms with Gasteiger partial charge in [-0.25, -0.2) is 0 Å². The number of fused-ring (bicyclic) bond motifs is 2. The molecule has 2 aliphatic rings. The average molecular weight is 704 g/mol. The summed E-state index contributed by atoms with van der Waals surface area (Å²) in [5.74, 6) is -2.41. The molecule has 255 valence electrons. The Hall–Kier alpha value is -3.59. The number of carboxylic acids is 2. The van der Waals surface area contributed by atoms with Crippen LogP contribution in [0.5, 0.6) is 11.5 Å². The number of aromatic hydroxyl groups is 2. The molecule has 46 heavy (non-hydrogen) atoms. The maximum Gasteiger partial charge on any atom is 2.00 e. The molecule has 0 heterocycles. The molecule has 2 aromatic rings. The predicted octanol–water partition coefficient (Wildman–Crippen LogP) is 4.62. The van der Waals surface area contributed by atoms with Crippen molar-refractivity contribution in [1.82, 2.24) is 0 Å². The molecule has 2 saturated carbocycles. The van der Waals surface area contributed by atoms with Gasteiger partial charge in [0.25, 0.3) is 0 Å². The van der Waals surface area contributed by atoms with Crippen molar-refractivity contribution in [3.05, 3.63) is 57.6 Å². The van der Waals surface area contributed by atoms with Crippen LogP contribution in [0.25, 0.3) is 0 Å². The number of phenolic OH excluding ortho intramolecular Hbond substituents is 2. The molecule has 8 nitrogen and oxygen atoms in total. The van der Waals surface area contributed by atoms with Gasteiger partial charge in [0.05, 0.1) is 22.7 Å². The van der Waals surface area contributed by atoms with Gasteiger partial charge in [-0.2, -0.15) is 26.3 Å². The van der Waals surface area contributed by atoms with Crippen LogP contribution in [0.1, 0.15) is 86.8 Å². The van der Waals surface area contributed by atoms with E-state index < -0.39 is 47.0 Å². The maximum atomic E-state index is 13.4. The molecule has 2 N–H and O–H groups in total. The first kappa shape index (κ1) is 40.4. The van der Waals surface area contributed by atoms with Gasteiger partial charge in [0.15, 0.2) is 0 Å². The third-order valence-electron chi connectivity index (χ3n) is 7.51. The van der Waals surface area contributed by atoms with Gasteiger partial charge in [0.1, 0.15) is 11.5 Å². The summed E-state index contributed by atoms with van der Waals surface area (Å²) >= 11 is 0. The van der Waals surface area contributed by atoms with Gasteiger partial charge in [0, 0.05) is 35.5 Å². The second kappa shape index (κ2) is 16.3. The first-order valence-electron chi connectivity index (χ1n) is 14.0. The molecule has 0 spiro atoms. The zero-order chi connectivity index (χ0) is 34.3. The fourth-order valence-electron chi connectivity index (χ4n) is 5.47. The maximum absolute atomic E-state index is 13.4. The zero-order valence-electron chi connectivity index (χ0n) is 25.4. The summed E-state index contributed by atoms with van der Waals surface area (Å²) < 4.78 is 80.2. The molecule has 2 aromatic carbocycles. The van der Waals surface area contributed by atoms with Gasteiger partial charge >= 0.3 is 29.1 Å². The van der Waals surface area contributed by atoms with E-state index in [1.54, 1.807) is 13.8 Å². The van der Waals surface area contributed by atoms with Crippen molar-refractivity contribution in [2.75, 3.05) is 0 Å². The van der Waals surface area contributed by atoms with Crippen LogP contribution in [0.15, 0.2) is 34.3 Å². The summed E-state index contributed by atoms with van der Waals surface area (Å²) in [6, 6.07) is 3.14. The van der Waals surface area contributed by atoms with Crippen LogP contribution in [0.2, 0.25) is 0 Å². The monoisotopic (exact) mass is 703 g/mol. The van der Waals surface area contributed by atoms with Crippen molar-refractivity contribution in [3.63, 3.8) is 0 Å². The second-order valence-electron chi connectivity index (χ2n) is 10.8. The van der Waals surface area contributed by atoms with Crippen molar-refractivity contribution in [2.45, 2.75) is 90.2 Å². The number of aliphatic carboxylic acids is 2. The number of carbonyl (C=O) groups excluding carboxylic acids is 2. The van der Waals surface area contributed by atoms with E-state index in [4.69, 9.17) is 19.8 Å². The minimum atomic E-state index is -4.58. The number of aryl methyl sites for hydroxylation is 2. The number of alkyl halides is 6. The minimum Gasteiger partial charge on any atom is -0.550 e. The summed E-state index contributed by atoms with van der Waals surface area (Å²) in [6.07, 6.45) is -3.51. The van der Waals surface area contributed by atoms with Gasteiger partial charge in [-0.3, -0.25) is 9.98 Å². The molecule has 1 radical (unpaired) electrons. The summed E-state index contributed by atoms with van der Waals surface area (Å²) in [7, 11) is 0. The SMILES string of the molecule is CC(=O)[O-].CC(=O)[O-].CCc1cc(C(F)(F)F)cc(C=NC2CC3CCC2(N=Cc2cc(C(F)(F)F)cc(CC)c2O)C3)c1O.[Co+2]. The molecule has 2 bridgehead atoms. The molecule has 4 rings (SSSR count). The van der Waals surface area contributed by atoms with Crippen LogP contribution in [-0.2, 0) is 51.6 Å². The number of hydrogen-bond acceptors (Lipinski definition) is 8. The first-order valence-corrected chi connectivity index (χ1v) is 14.0. The molecule has 0 aliphatic heterocycles. The molecular weight excluding hydrogens is 669 g/mol. The summed E-state index contributed by atoms with van der Waals surface area (Å²) in [6.45, 7) is 5.23. The van der Waals surface area contributed by atoms with E-state index in [0.717, 1.165) is 44.5 Å². The zero-order valence-corrected chi connectivity index (χ0v) is 26.4. The number of aliphatic imine (C=N–C) groups is 2. The largest absolute Gasteiger partial charge is 2.00 e. The minimum absolute atomic E-state index is 0. The molecule has 2 fully saturated rings. The van der Waals surface area contributed by atoms with Gasteiger partial charge in [-0.05, 0) is 93.7 Å². The van der Waals surface area contributed by atoms with Crippen molar-refractivity contribution in [2.24, 2.45) is 15.9 Å². The van der Waals surface area contributed by atoms with Crippen LogP contribution in [-0.4, -0.2) is 46.2 Å². The van der Waals surface area contributed by atoms with Crippen LogP contribution in [0.3, 0.4) is 0 Å². The number of halogens is 6. The molecular formula is C31H34CoF6N2O6. The summed E-state index contributed by atoms with van der Waals surface area (Å²) in [5, 5.41) is 38.7. The Labute approximate surface area is 272 Å². The summed E-state index contributed by atoms with van der Waals surface area (Å²) in [4.78, 5) is 26.9. The molecule has 2 aliphatic carbocycles. The fourth-order valence-corrected chi connectivity index (χ4v) is 5.47.